The van der Waals surface area contributed by atoms with Crippen molar-refractivity contribution in [1.82, 2.24) is 9.88 Å². The van der Waals surface area contributed by atoms with E-state index >= 15 is 0 Å². The molecule has 0 spiro atoms. The molecule has 5 heteroatoms. The third kappa shape index (κ3) is 2.60. The monoisotopic (exact) mass is 304 g/mol. The quantitative estimate of drug-likeness (QED) is 0.814. The molecule has 1 saturated heterocycles. The van der Waals surface area contributed by atoms with E-state index in [0.717, 1.165) is 30.1 Å². The number of carbonyl (C=O) groups excluding carboxylic acids is 1. The maximum absolute atomic E-state index is 12.6. The van der Waals surface area contributed by atoms with Gasteiger partial charge in [0.25, 0.3) is 5.91 Å². The third-order valence-corrected chi connectivity index (χ3v) is 5.10. The van der Waals surface area contributed by atoms with Crippen LogP contribution in [0, 0.1) is 0 Å². The molecule has 2 aromatic heterocycles. The van der Waals surface area contributed by atoms with Crippen molar-refractivity contribution in [2.75, 3.05) is 19.3 Å². The second-order valence-corrected chi connectivity index (χ2v) is 6.43. The molecule has 3 rings (SSSR count). The average Bonchev–Trinajstić information content (AvgIpc) is 3.16. The number of carbonyl (C=O) groups is 1. The van der Waals surface area contributed by atoms with Crippen molar-refractivity contribution < 1.29 is 4.79 Å². The van der Waals surface area contributed by atoms with Gasteiger partial charge in [-0.15, -0.1) is 11.8 Å². The van der Waals surface area contributed by atoms with Crippen LogP contribution in [0.25, 0.3) is 0 Å². The van der Waals surface area contributed by atoms with Gasteiger partial charge in [0.1, 0.15) is 5.03 Å². The van der Waals surface area contributed by atoms with Crippen LogP contribution in [0.15, 0.2) is 40.2 Å². The first-order valence-electron chi connectivity index (χ1n) is 6.60. The maximum atomic E-state index is 12.6. The van der Waals surface area contributed by atoms with Gasteiger partial charge < -0.3 is 4.90 Å². The Kier molecular flexibility index (Phi) is 4.08. The zero-order valence-electron chi connectivity index (χ0n) is 11.3. The molecule has 1 unspecified atom stereocenters. The summed E-state index contributed by atoms with van der Waals surface area (Å²) in [7, 11) is 0. The number of pyridine rings is 1. The fourth-order valence-electron chi connectivity index (χ4n) is 2.61. The molecule has 20 heavy (non-hydrogen) atoms. The molecule has 0 radical (unpaired) electrons. The van der Waals surface area contributed by atoms with Crippen molar-refractivity contribution in [3.8, 4) is 0 Å². The van der Waals surface area contributed by atoms with Gasteiger partial charge in [0, 0.05) is 25.2 Å². The summed E-state index contributed by atoms with van der Waals surface area (Å²) in [5.74, 6) is 0.597. The number of nitrogens with zero attached hydrogens (tertiary/aromatic N) is 2. The Morgan fingerprint density at radius 2 is 2.40 bits per heavy atom. The normalized spacial score (nSPS) is 18.4. The van der Waals surface area contributed by atoms with Gasteiger partial charge in [-0.1, -0.05) is 0 Å². The van der Waals surface area contributed by atoms with E-state index in [4.69, 9.17) is 0 Å². The first kappa shape index (κ1) is 13.6. The summed E-state index contributed by atoms with van der Waals surface area (Å²) in [5.41, 5.74) is 2.09. The molecule has 3 heterocycles. The van der Waals surface area contributed by atoms with E-state index in [1.165, 1.54) is 17.3 Å². The molecule has 3 nitrogen and oxygen atoms in total. The van der Waals surface area contributed by atoms with Gasteiger partial charge in [0.15, 0.2) is 0 Å². The number of thioether (sulfide) groups is 1. The fraction of sp³-hybridized carbons (Fsp3) is 0.333. The first-order valence-corrected chi connectivity index (χ1v) is 8.76. The molecule has 1 atom stereocenters. The number of hydrogen-bond acceptors (Lipinski definition) is 4. The minimum atomic E-state index is 0.111. The van der Waals surface area contributed by atoms with Gasteiger partial charge in [0.2, 0.25) is 0 Å². The first-order chi connectivity index (χ1) is 9.79. The van der Waals surface area contributed by atoms with Crippen LogP contribution in [-0.4, -0.2) is 35.1 Å². The summed E-state index contributed by atoms with van der Waals surface area (Å²) >= 11 is 3.25. The Bertz CT molecular complexity index is 598. The van der Waals surface area contributed by atoms with E-state index in [1.807, 2.05) is 23.3 Å². The predicted octanol–water partition coefficient (Wildman–Crippen LogP) is 3.49. The van der Waals surface area contributed by atoms with Crippen molar-refractivity contribution in [3.05, 3.63) is 46.3 Å². The minimum Gasteiger partial charge on any atom is -0.338 e. The summed E-state index contributed by atoms with van der Waals surface area (Å²) in [6, 6.07) is 5.87. The Labute approximate surface area is 127 Å². The molecule has 2 aromatic rings. The molecular formula is C15H16N2OS2. The van der Waals surface area contributed by atoms with E-state index in [0.29, 0.717) is 5.92 Å². The van der Waals surface area contributed by atoms with Crippen molar-refractivity contribution in [2.24, 2.45) is 0 Å². The largest absolute Gasteiger partial charge is 0.338 e. The Hall–Kier alpha value is -1.33. The summed E-state index contributed by atoms with van der Waals surface area (Å²) in [6.07, 6.45) is 4.75. The van der Waals surface area contributed by atoms with Crippen LogP contribution in [0.3, 0.4) is 0 Å². The lowest BCUT2D eigenvalue weighted by molar-refractivity contribution is 0.0786. The van der Waals surface area contributed by atoms with Crippen molar-refractivity contribution >= 4 is 29.0 Å². The highest BCUT2D eigenvalue weighted by molar-refractivity contribution is 7.98. The Balaban J connectivity index is 1.76. The van der Waals surface area contributed by atoms with Crippen LogP contribution in [0.2, 0.25) is 0 Å². The van der Waals surface area contributed by atoms with Crippen molar-refractivity contribution in [3.63, 3.8) is 0 Å². The van der Waals surface area contributed by atoms with Gasteiger partial charge in [-0.25, -0.2) is 4.98 Å². The second kappa shape index (κ2) is 5.97. The predicted molar refractivity (Wildman–Crippen MR) is 83.6 cm³/mol. The number of thiophene rings is 1. The van der Waals surface area contributed by atoms with Gasteiger partial charge in [-0.3, -0.25) is 4.79 Å². The molecule has 0 bridgehead atoms. The fourth-order valence-corrected chi connectivity index (χ4v) is 3.89. The summed E-state index contributed by atoms with van der Waals surface area (Å²) in [5, 5.41) is 5.11. The van der Waals surface area contributed by atoms with E-state index in [1.54, 1.807) is 17.5 Å². The molecule has 0 N–H and O–H groups in total. The molecule has 1 amide bonds. The van der Waals surface area contributed by atoms with Crippen molar-refractivity contribution in [2.45, 2.75) is 17.4 Å². The number of aromatic nitrogens is 1. The number of amides is 1. The molecule has 0 aromatic carbocycles. The number of hydrogen-bond donors (Lipinski definition) is 0. The zero-order chi connectivity index (χ0) is 13.9. The van der Waals surface area contributed by atoms with Crippen LogP contribution in [0.5, 0.6) is 0 Å². The maximum Gasteiger partial charge on any atom is 0.256 e. The van der Waals surface area contributed by atoms with E-state index < -0.39 is 0 Å². The molecule has 1 fully saturated rings. The third-order valence-electron chi connectivity index (χ3n) is 3.68. The topological polar surface area (TPSA) is 33.2 Å². The highest BCUT2D eigenvalue weighted by atomic mass is 32.2. The van der Waals surface area contributed by atoms with Crippen molar-refractivity contribution in [1.29, 1.82) is 0 Å². The molecule has 104 valence electrons. The molecule has 0 saturated carbocycles. The second-order valence-electron chi connectivity index (χ2n) is 4.85. The van der Waals surface area contributed by atoms with E-state index in [-0.39, 0.29) is 5.91 Å². The SMILES string of the molecule is CSc1ncccc1C(=O)N1CCC(c2ccsc2)C1. The summed E-state index contributed by atoms with van der Waals surface area (Å²) < 4.78 is 0. The molecule has 1 aliphatic rings. The van der Waals surface area contributed by atoms with Gasteiger partial charge >= 0.3 is 0 Å². The average molecular weight is 304 g/mol. The van der Waals surface area contributed by atoms with E-state index in [2.05, 4.69) is 21.8 Å². The molecular weight excluding hydrogens is 288 g/mol. The Morgan fingerprint density at radius 3 is 3.15 bits per heavy atom. The summed E-state index contributed by atoms with van der Waals surface area (Å²) in [4.78, 5) is 18.9. The van der Waals surface area contributed by atoms with Crippen LogP contribution in [-0.2, 0) is 0 Å². The van der Waals surface area contributed by atoms with Gasteiger partial charge in [-0.2, -0.15) is 11.3 Å². The Morgan fingerprint density at radius 1 is 1.50 bits per heavy atom. The number of likely N-dealkylation sites (tertiary alicyclic amines) is 1. The lowest BCUT2D eigenvalue weighted by Crippen LogP contribution is -2.29. The van der Waals surface area contributed by atoms with Crippen LogP contribution in [0.4, 0.5) is 0 Å². The van der Waals surface area contributed by atoms with Crippen LogP contribution < -0.4 is 0 Å². The molecule has 1 aliphatic heterocycles. The minimum absolute atomic E-state index is 0.111. The molecule has 0 aliphatic carbocycles. The van der Waals surface area contributed by atoms with Crippen LogP contribution in [0.1, 0.15) is 28.3 Å². The zero-order valence-corrected chi connectivity index (χ0v) is 12.9. The van der Waals surface area contributed by atoms with E-state index in [9.17, 15) is 4.79 Å². The van der Waals surface area contributed by atoms with Gasteiger partial charge in [-0.05, 0) is 47.2 Å². The van der Waals surface area contributed by atoms with Crippen LogP contribution >= 0.6 is 23.1 Å². The standard InChI is InChI=1S/C15H16N2OS2/c1-19-14-13(3-2-6-16-14)15(18)17-7-4-11(9-17)12-5-8-20-10-12/h2-3,5-6,8,10-11H,4,7,9H2,1H3. The summed E-state index contributed by atoms with van der Waals surface area (Å²) in [6.45, 7) is 1.65. The van der Waals surface area contributed by atoms with Gasteiger partial charge in [0.05, 0.1) is 5.56 Å². The lowest BCUT2D eigenvalue weighted by atomic mass is 10.0. The highest BCUT2D eigenvalue weighted by Gasteiger charge is 2.29. The highest BCUT2D eigenvalue weighted by Crippen LogP contribution is 2.30. The smallest absolute Gasteiger partial charge is 0.256 e. The lowest BCUT2D eigenvalue weighted by Gasteiger charge is -2.17. The number of rotatable bonds is 3.